The summed E-state index contributed by atoms with van der Waals surface area (Å²) in [6, 6.07) is 0. The summed E-state index contributed by atoms with van der Waals surface area (Å²) < 4.78 is 5.67. The fourth-order valence-corrected chi connectivity index (χ4v) is 2.06. The first-order chi connectivity index (χ1) is 7.27. The summed E-state index contributed by atoms with van der Waals surface area (Å²) in [6.45, 7) is 1.24. The number of thioether (sulfide) groups is 1. The molecule has 84 valence electrons. The number of hydrogen-bond acceptors (Lipinski definition) is 6. The number of hydrogen-bond donors (Lipinski definition) is 1. The molecule has 0 bridgehead atoms. The SMILES string of the molecule is COCCCNC(=O)c1nnc(SC)s1. The first-order valence-electron chi connectivity index (χ1n) is 4.42. The van der Waals surface area contributed by atoms with Gasteiger partial charge in [-0.2, -0.15) is 0 Å². The van der Waals surface area contributed by atoms with Gasteiger partial charge in [0.2, 0.25) is 5.01 Å². The lowest BCUT2D eigenvalue weighted by molar-refractivity contribution is 0.0947. The van der Waals surface area contributed by atoms with Crippen molar-refractivity contribution in [1.29, 1.82) is 0 Å². The van der Waals surface area contributed by atoms with Crippen molar-refractivity contribution in [2.75, 3.05) is 26.5 Å². The molecule has 7 heteroatoms. The minimum atomic E-state index is -0.163. The minimum absolute atomic E-state index is 0.163. The number of amides is 1. The molecule has 1 N–H and O–H groups in total. The molecule has 0 aliphatic heterocycles. The summed E-state index contributed by atoms with van der Waals surface area (Å²) in [5, 5.41) is 10.8. The van der Waals surface area contributed by atoms with Gasteiger partial charge in [-0.25, -0.2) is 0 Å². The Morgan fingerprint density at radius 3 is 3.00 bits per heavy atom. The maximum absolute atomic E-state index is 11.5. The standard InChI is InChI=1S/C8H13N3O2S2/c1-13-5-3-4-9-6(12)7-10-11-8(14-2)15-7/h3-5H2,1-2H3,(H,9,12). The normalized spacial score (nSPS) is 10.3. The molecule has 0 aliphatic carbocycles. The van der Waals surface area contributed by atoms with Crippen LogP contribution in [0.2, 0.25) is 0 Å². The smallest absolute Gasteiger partial charge is 0.282 e. The van der Waals surface area contributed by atoms with Gasteiger partial charge < -0.3 is 10.1 Å². The molecule has 0 atom stereocenters. The Bertz CT molecular complexity index is 317. The number of nitrogens with one attached hydrogen (secondary N) is 1. The maximum Gasteiger partial charge on any atom is 0.282 e. The lowest BCUT2D eigenvalue weighted by atomic mass is 10.4. The van der Waals surface area contributed by atoms with Gasteiger partial charge >= 0.3 is 0 Å². The van der Waals surface area contributed by atoms with Gasteiger partial charge in [-0.15, -0.1) is 10.2 Å². The predicted octanol–water partition coefficient (Wildman–Crippen LogP) is 1.03. The van der Waals surface area contributed by atoms with Crippen LogP contribution in [0.15, 0.2) is 4.34 Å². The molecule has 0 fully saturated rings. The van der Waals surface area contributed by atoms with Crippen molar-refractivity contribution in [3.63, 3.8) is 0 Å². The predicted molar refractivity (Wildman–Crippen MR) is 60.5 cm³/mol. The Labute approximate surface area is 96.6 Å². The molecule has 15 heavy (non-hydrogen) atoms. The molecule has 1 amide bonds. The number of carbonyl (C=O) groups excluding carboxylic acids is 1. The van der Waals surface area contributed by atoms with Gasteiger partial charge in [0.05, 0.1) is 0 Å². The van der Waals surface area contributed by atoms with Crippen LogP contribution in [0.5, 0.6) is 0 Å². The van der Waals surface area contributed by atoms with E-state index in [1.54, 1.807) is 7.11 Å². The van der Waals surface area contributed by atoms with E-state index in [4.69, 9.17) is 4.74 Å². The zero-order valence-corrected chi connectivity index (χ0v) is 10.3. The van der Waals surface area contributed by atoms with Crippen LogP contribution in [0, 0.1) is 0 Å². The molecule has 5 nitrogen and oxygen atoms in total. The summed E-state index contributed by atoms with van der Waals surface area (Å²) in [5.74, 6) is -0.163. The van der Waals surface area contributed by atoms with E-state index in [9.17, 15) is 4.79 Å². The van der Waals surface area contributed by atoms with Crippen LogP contribution in [-0.4, -0.2) is 42.6 Å². The zero-order valence-electron chi connectivity index (χ0n) is 8.65. The number of nitrogens with zero attached hydrogens (tertiary/aromatic N) is 2. The van der Waals surface area contributed by atoms with Gasteiger partial charge in [-0.1, -0.05) is 23.1 Å². The molecule has 0 spiro atoms. The minimum Gasteiger partial charge on any atom is -0.385 e. The highest BCUT2D eigenvalue weighted by Gasteiger charge is 2.11. The number of carbonyl (C=O) groups is 1. The summed E-state index contributed by atoms with van der Waals surface area (Å²) >= 11 is 2.79. The first-order valence-corrected chi connectivity index (χ1v) is 6.46. The Hall–Kier alpha value is -0.660. The topological polar surface area (TPSA) is 64.1 Å². The maximum atomic E-state index is 11.5. The van der Waals surface area contributed by atoms with Gasteiger partial charge in [0.1, 0.15) is 0 Å². The Morgan fingerprint density at radius 2 is 2.40 bits per heavy atom. The largest absolute Gasteiger partial charge is 0.385 e. The fourth-order valence-electron chi connectivity index (χ4n) is 0.878. The first kappa shape index (κ1) is 12.4. The molecule has 0 radical (unpaired) electrons. The molecule has 1 aromatic heterocycles. The molecule has 0 aliphatic rings. The lowest BCUT2D eigenvalue weighted by Crippen LogP contribution is -2.25. The van der Waals surface area contributed by atoms with Gasteiger partial charge in [0, 0.05) is 20.3 Å². The van der Waals surface area contributed by atoms with Crippen LogP contribution in [0.25, 0.3) is 0 Å². The highest BCUT2D eigenvalue weighted by atomic mass is 32.2. The van der Waals surface area contributed by atoms with Crippen LogP contribution in [-0.2, 0) is 4.74 Å². The van der Waals surface area contributed by atoms with E-state index < -0.39 is 0 Å². The second-order valence-corrected chi connectivity index (χ2v) is 4.71. The average molecular weight is 247 g/mol. The van der Waals surface area contributed by atoms with E-state index in [1.165, 1.54) is 23.1 Å². The van der Waals surface area contributed by atoms with Gasteiger partial charge in [-0.05, 0) is 12.7 Å². The number of aromatic nitrogens is 2. The van der Waals surface area contributed by atoms with Crippen molar-refractivity contribution in [2.45, 2.75) is 10.8 Å². The summed E-state index contributed by atoms with van der Waals surface area (Å²) in [5.41, 5.74) is 0. The summed E-state index contributed by atoms with van der Waals surface area (Å²) in [6.07, 6.45) is 2.71. The summed E-state index contributed by atoms with van der Waals surface area (Å²) in [4.78, 5) is 11.5. The van der Waals surface area contributed by atoms with Gasteiger partial charge in [0.25, 0.3) is 5.91 Å². The third kappa shape index (κ3) is 4.15. The van der Waals surface area contributed by atoms with E-state index in [2.05, 4.69) is 15.5 Å². The highest BCUT2D eigenvalue weighted by molar-refractivity contribution is 8.00. The molecule has 0 saturated carbocycles. The van der Waals surface area contributed by atoms with E-state index in [1.807, 2.05) is 6.26 Å². The van der Waals surface area contributed by atoms with E-state index in [0.29, 0.717) is 18.2 Å². The van der Waals surface area contributed by atoms with Crippen LogP contribution < -0.4 is 5.32 Å². The average Bonchev–Trinajstić information content (AvgIpc) is 2.72. The molecular weight excluding hydrogens is 234 g/mol. The second-order valence-electron chi connectivity index (χ2n) is 2.68. The number of rotatable bonds is 6. The van der Waals surface area contributed by atoms with Crippen LogP contribution in [0.3, 0.4) is 0 Å². The molecule has 1 aromatic rings. The van der Waals surface area contributed by atoms with Crippen molar-refractivity contribution < 1.29 is 9.53 Å². The molecule has 0 aromatic carbocycles. The Kier molecular flexibility index (Phi) is 5.59. The molecule has 1 rings (SSSR count). The van der Waals surface area contributed by atoms with Gasteiger partial charge in [0.15, 0.2) is 4.34 Å². The van der Waals surface area contributed by atoms with Crippen molar-refractivity contribution in [2.24, 2.45) is 0 Å². The quantitative estimate of drug-likeness (QED) is 0.601. The van der Waals surface area contributed by atoms with Crippen molar-refractivity contribution in [3.8, 4) is 0 Å². The molecular formula is C8H13N3O2S2. The third-order valence-electron chi connectivity index (χ3n) is 1.59. The molecule has 0 saturated heterocycles. The monoisotopic (exact) mass is 247 g/mol. The van der Waals surface area contributed by atoms with E-state index >= 15 is 0 Å². The van der Waals surface area contributed by atoms with E-state index in [0.717, 1.165) is 10.8 Å². The van der Waals surface area contributed by atoms with Gasteiger partial charge in [-0.3, -0.25) is 4.79 Å². The van der Waals surface area contributed by atoms with E-state index in [-0.39, 0.29) is 5.91 Å². The molecule has 0 unspecified atom stereocenters. The third-order valence-corrected chi connectivity index (χ3v) is 3.48. The molecule has 1 heterocycles. The second kappa shape index (κ2) is 6.76. The van der Waals surface area contributed by atoms with Crippen LogP contribution >= 0.6 is 23.1 Å². The fraction of sp³-hybridized carbons (Fsp3) is 0.625. The van der Waals surface area contributed by atoms with Crippen LogP contribution in [0.4, 0.5) is 0 Å². The van der Waals surface area contributed by atoms with Crippen LogP contribution in [0.1, 0.15) is 16.2 Å². The Morgan fingerprint density at radius 1 is 1.60 bits per heavy atom. The lowest BCUT2D eigenvalue weighted by Gasteiger charge is -2.00. The highest BCUT2D eigenvalue weighted by Crippen LogP contribution is 2.19. The number of ether oxygens (including phenoxy) is 1. The van der Waals surface area contributed by atoms with Crippen molar-refractivity contribution >= 4 is 29.0 Å². The van der Waals surface area contributed by atoms with Crippen molar-refractivity contribution in [3.05, 3.63) is 5.01 Å². The summed E-state index contributed by atoms with van der Waals surface area (Å²) in [7, 11) is 1.64. The Balaban J connectivity index is 2.33. The zero-order chi connectivity index (χ0) is 11.1. The number of methoxy groups -OCH3 is 1. The van der Waals surface area contributed by atoms with Crippen molar-refractivity contribution in [1.82, 2.24) is 15.5 Å².